The normalized spacial score (nSPS) is 41.6. The van der Waals surface area contributed by atoms with Crippen LogP contribution in [0.1, 0.15) is 58.8 Å². The summed E-state index contributed by atoms with van der Waals surface area (Å²) in [6.07, 6.45) is 8.52. The number of rotatable bonds is 1. The van der Waals surface area contributed by atoms with Crippen LogP contribution >= 0.6 is 0 Å². The highest BCUT2D eigenvalue weighted by Crippen LogP contribution is 2.47. The van der Waals surface area contributed by atoms with Gasteiger partial charge in [-0.25, -0.2) is 0 Å². The zero-order valence-electron chi connectivity index (χ0n) is 10.1. The van der Waals surface area contributed by atoms with Gasteiger partial charge in [0.15, 0.2) is 0 Å². The molecule has 1 saturated carbocycles. The van der Waals surface area contributed by atoms with Crippen molar-refractivity contribution in [1.82, 2.24) is 5.32 Å². The van der Waals surface area contributed by atoms with E-state index in [1.165, 1.54) is 38.5 Å². The summed E-state index contributed by atoms with van der Waals surface area (Å²) in [5.41, 5.74) is 0.860. The highest BCUT2D eigenvalue weighted by Gasteiger charge is 2.41. The van der Waals surface area contributed by atoms with E-state index < -0.39 is 0 Å². The van der Waals surface area contributed by atoms with Crippen LogP contribution in [0, 0.1) is 10.8 Å². The molecule has 1 aliphatic heterocycles. The maximum absolute atomic E-state index is 11.3. The van der Waals surface area contributed by atoms with Crippen LogP contribution in [0.2, 0.25) is 0 Å². The molecule has 1 aliphatic carbocycles. The molecule has 0 aromatic carbocycles. The lowest BCUT2D eigenvalue weighted by Crippen LogP contribution is -2.24. The van der Waals surface area contributed by atoms with Crippen molar-refractivity contribution in [2.45, 2.75) is 58.8 Å². The Balaban J connectivity index is 2.04. The van der Waals surface area contributed by atoms with Gasteiger partial charge in [0.25, 0.3) is 0 Å². The Labute approximate surface area is 92.8 Å². The fourth-order valence-electron chi connectivity index (χ4n) is 3.17. The highest BCUT2D eigenvalue weighted by atomic mass is 16.1. The Hall–Kier alpha value is -0.530. The predicted octanol–water partition coefficient (Wildman–Crippen LogP) is 2.87. The minimum atomic E-state index is 0.273. The van der Waals surface area contributed by atoms with E-state index in [0.717, 1.165) is 13.0 Å². The average Bonchev–Trinajstić information content (AvgIpc) is 2.49. The van der Waals surface area contributed by atoms with E-state index in [9.17, 15) is 4.79 Å². The largest absolute Gasteiger partial charge is 0.356 e. The van der Waals surface area contributed by atoms with E-state index in [4.69, 9.17) is 0 Å². The highest BCUT2D eigenvalue weighted by molar-refractivity contribution is 5.79. The Kier molecular flexibility index (Phi) is 2.78. The van der Waals surface area contributed by atoms with E-state index in [0.29, 0.717) is 10.8 Å². The number of carbonyl (C=O) groups excluding carboxylic acids is 1. The zero-order chi connectivity index (χ0) is 10.9. The third-order valence-corrected chi connectivity index (χ3v) is 4.80. The van der Waals surface area contributed by atoms with Crippen molar-refractivity contribution in [2.24, 2.45) is 10.8 Å². The van der Waals surface area contributed by atoms with Gasteiger partial charge in [-0.3, -0.25) is 4.79 Å². The molecule has 2 nitrogen and oxygen atoms in total. The quantitative estimate of drug-likeness (QED) is 0.707. The number of carbonyl (C=O) groups is 1. The summed E-state index contributed by atoms with van der Waals surface area (Å²) in [4.78, 5) is 11.3. The van der Waals surface area contributed by atoms with Crippen molar-refractivity contribution in [2.75, 3.05) is 6.54 Å². The first-order valence-corrected chi connectivity index (χ1v) is 6.34. The van der Waals surface area contributed by atoms with Crippen molar-refractivity contribution in [3.63, 3.8) is 0 Å². The van der Waals surface area contributed by atoms with E-state index in [1.807, 2.05) is 0 Å². The molecule has 0 aromatic heterocycles. The van der Waals surface area contributed by atoms with Crippen molar-refractivity contribution >= 4 is 5.91 Å². The van der Waals surface area contributed by atoms with E-state index >= 15 is 0 Å². The molecule has 2 aliphatic rings. The van der Waals surface area contributed by atoms with Crippen LogP contribution in [-0.4, -0.2) is 12.5 Å². The first-order valence-electron chi connectivity index (χ1n) is 6.34. The van der Waals surface area contributed by atoms with Gasteiger partial charge >= 0.3 is 0 Å². The molecular weight excluding hydrogens is 186 g/mol. The number of hydrogen-bond donors (Lipinski definition) is 1. The van der Waals surface area contributed by atoms with Crippen LogP contribution in [0.3, 0.4) is 0 Å². The molecule has 1 saturated heterocycles. The molecule has 86 valence electrons. The Morgan fingerprint density at radius 3 is 2.67 bits per heavy atom. The van der Waals surface area contributed by atoms with Crippen molar-refractivity contribution < 1.29 is 4.79 Å². The molecular formula is C13H23NO. The second-order valence-electron chi connectivity index (χ2n) is 5.97. The first-order chi connectivity index (χ1) is 7.08. The first kappa shape index (κ1) is 11.0. The lowest BCUT2D eigenvalue weighted by atomic mass is 9.76. The summed E-state index contributed by atoms with van der Waals surface area (Å²) in [5, 5.41) is 3.01. The van der Waals surface area contributed by atoms with Gasteiger partial charge in [-0.15, -0.1) is 0 Å². The van der Waals surface area contributed by atoms with Crippen molar-refractivity contribution in [1.29, 1.82) is 0 Å². The second-order valence-corrected chi connectivity index (χ2v) is 5.97. The molecule has 15 heavy (non-hydrogen) atoms. The number of nitrogens with one attached hydrogen (secondary N) is 1. The summed E-state index contributed by atoms with van der Waals surface area (Å²) in [7, 11) is 0. The van der Waals surface area contributed by atoms with Crippen molar-refractivity contribution in [3.05, 3.63) is 0 Å². The van der Waals surface area contributed by atoms with Gasteiger partial charge in [-0.05, 0) is 36.5 Å². The molecule has 1 N–H and O–H groups in total. The smallest absolute Gasteiger partial charge is 0.220 e. The van der Waals surface area contributed by atoms with Crippen LogP contribution in [0.15, 0.2) is 0 Å². The Morgan fingerprint density at radius 1 is 1.27 bits per heavy atom. The molecule has 2 fully saturated rings. The van der Waals surface area contributed by atoms with Gasteiger partial charge in [0.2, 0.25) is 5.91 Å². The molecule has 1 heterocycles. The van der Waals surface area contributed by atoms with Crippen LogP contribution in [0.4, 0.5) is 0 Å². The second kappa shape index (κ2) is 3.80. The molecule has 0 aromatic rings. The van der Waals surface area contributed by atoms with Gasteiger partial charge in [0, 0.05) is 13.0 Å². The minimum Gasteiger partial charge on any atom is -0.356 e. The van der Waals surface area contributed by atoms with Gasteiger partial charge in [0.05, 0.1) is 0 Å². The SMILES string of the molecule is CCC1(C)CCCC2(CC1)CNC(=O)C2. The maximum Gasteiger partial charge on any atom is 0.220 e. The summed E-state index contributed by atoms with van der Waals surface area (Å²) in [6, 6.07) is 0. The number of hydrogen-bond acceptors (Lipinski definition) is 1. The zero-order valence-corrected chi connectivity index (χ0v) is 10.1. The van der Waals surface area contributed by atoms with E-state index in [2.05, 4.69) is 19.2 Å². The predicted molar refractivity (Wildman–Crippen MR) is 61.5 cm³/mol. The van der Waals surface area contributed by atoms with E-state index in [-0.39, 0.29) is 5.91 Å². The van der Waals surface area contributed by atoms with Gasteiger partial charge in [-0.2, -0.15) is 0 Å². The van der Waals surface area contributed by atoms with Gasteiger partial charge in [-0.1, -0.05) is 26.7 Å². The molecule has 2 rings (SSSR count). The fraction of sp³-hybridized carbons (Fsp3) is 0.923. The van der Waals surface area contributed by atoms with Crippen LogP contribution in [0.5, 0.6) is 0 Å². The molecule has 1 amide bonds. The summed E-state index contributed by atoms with van der Waals surface area (Å²) < 4.78 is 0. The lowest BCUT2D eigenvalue weighted by molar-refractivity contribution is -0.119. The molecule has 0 bridgehead atoms. The number of amides is 1. The summed E-state index contributed by atoms with van der Waals surface area (Å²) in [6.45, 7) is 5.65. The Morgan fingerprint density at radius 2 is 2.07 bits per heavy atom. The van der Waals surface area contributed by atoms with Crippen LogP contribution in [0.25, 0.3) is 0 Å². The molecule has 2 unspecified atom stereocenters. The average molecular weight is 209 g/mol. The molecule has 2 atom stereocenters. The third kappa shape index (κ3) is 2.19. The third-order valence-electron chi connectivity index (χ3n) is 4.80. The minimum absolute atomic E-state index is 0.273. The molecule has 1 spiro atoms. The lowest BCUT2D eigenvalue weighted by Gasteiger charge is -2.28. The Bertz CT molecular complexity index is 263. The topological polar surface area (TPSA) is 29.1 Å². The van der Waals surface area contributed by atoms with Gasteiger partial charge < -0.3 is 5.32 Å². The summed E-state index contributed by atoms with van der Waals surface area (Å²) in [5.74, 6) is 0.273. The molecule has 0 radical (unpaired) electrons. The standard InChI is InChI=1S/C13H23NO/c1-3-12(2)5-4-6-13(8-7-12)9-11(15)14-10-13/h3-10H2,1-2H3,(H,14,15). The van der Waals surface area contributed by atoms with Crippen LogP contribution in [-0.2, 0) is 4.79 Å². The van der Waals surface area contributed by atoms with Gasteiger partial charge in [0.1, 0.15) is 0 Å². The van der Waals surface area contributed by atoms with Crippen molar-refractivity contribution in [3.8, 4) is 0 Å². The molecule has 2 heteroatoms. The van der Waals surface area contributed by atoms with E-state index in [1.54, 1.807) is 0 Å². The van der Waals surface area contributed by atoms with Crippen LogP contribution < -0.4 is 5.32 Å². The monoisotopic (exact) mass is 209 g/mol. The fourth-order valence-corrected chi connectivity index (χ4v) is 3.17. The maximum atomic E-state index is 11.3. The summed E-state index contributed by atoms with van der Waals surface area (Å²) >= 11 is 0.